The van der Waals surface area contributed by atoms with E-state index in [1.54, 1.807) is 12.1 Å². The lowest BCUT2D eigenvalue weighted by molar-refractivity contribution is -0.116. The number of hydrogen-bond donors (Lipinski definition) is 2. The monoisotopic (exact) mass is 301 g/mol. The first kappa shape index (κ1) is 16.9. The van der Waals surface area contributed by atoms with E-state index in [9.17, 15) is 9.18 Å². The SMILES string of the molecule is C[C@H]1CNCCN1CCC(=O)Nc1cccc(F)c1.Cl. The molecule has 0 spiro atoms. The molecule has 1 atom stereocenters. The van der Waals surface area contributed by atoms with Crippen LogP contribution in [0.25, 0.3) is 0 Å². The van der Waals surface area contributed by atoms with Gasteiger partial charge in [0.25, 0.3) is 0 Å². The molecule has 1 heterocycles. The minimum atomic E-state index is -0.339. The first-order valence-electron chi connectivity index (χ1n) is 6.65. The van der Waals surface area contributed by atoms with E-state index in [2.05, 4.69) is 22.5 Å². The predicted octanol–water partition coefficient (Wildman–Crippen LogP) is 1.87. The highest BCUT2D eigenvalue weighted by atomic mass is 35.5. The highest BCUT2D eigenvalue weighted by molar-refractivity contribution is 5.90. The smallest absolute Gasteiger partial charge is 0.225 e. The summed E-state index contributed by atoms with van der Waals surface area (Å²) >= 11 is 0. The number of halogens is 2. The molecule has 0 radical (unpaired) electrons. The van der Waals surface area contributed by atoms with Crippen LogP contribution >= 0.6 is 12.4 Å². The van der Waals surface area contributed by atoms with Gasteiger partial charge in [0.2, 0.25) is 5.91 Å². The molecule has 1 aromatic carbocycles. The van der Waals surface area contributed by atoms with Crippen molar-refractivity contribution >= 4 is 24.0 Å². The normalized spacial score (nSPS) is 19.2. The summed E-state index contributed by atoms with van der Waals surface area (Å²) in [6.07, 6.45) is 0.431. The van der Waals surface area contributed by atoms with Gasteiger partial charge < -0.3 is 10.6 Å². The number of hydrogen-bond acceptors (Lipinski definition) is 3. The van der Waals surface area contributed by atoms with Gasteiger partial charge in [0.05, 0.1) is 0 Å². The number of carbonyl (C=O) groups excluding carboxylic acids is 1. The van der Waals surface area contributed by atoms with Crippen LogP contribution in [-0.4, -0.2) is 43.0 Å². The molecule has 20 heavy (non-hydrogen) atoms. The van der Waals surface area contributed by atoms with Crippen molar-refractivity contribution in [2.24, 2.45) is 0 Å². The highest BCUT2D eigenvalue weighted by Gasteiger charge is 2.18. The first-order valence-corrected chi connectivity index (χ1v) is 6.65. The molecule has 0 aliphatic carbocycles. The van der Waals surface area contributed by atoms with Gasteiger partial charge in [0.15, 0.2) is 0 Å². The number of amides is 1. The van der Waals surface area contributed by atoms with Crippen LogP contribution < -0.4 is 10.6 Å². The number of piperazine rings is 1. The molecule has 1 aliphatic heterocycles. The van der Waals surface area contributed by atoms with E-state index in [0.29, 0.717) is 18.2 Å². The van der Waals surface area contributed by atoms with Crippen molar-refractivity contribution in [2.45, 2.75) is 19.4 Å². The summed E-state index contributed by atoms with van der Waals surface area (Å²) in [5.41, 5.74) is 0.512. The number of carbonyl (C=O) groups is 1. The van der Waals surface area contributed by atoms with E-state index in [4.69, 9.17) is 0 Å². The van der Waals surface area contributed by atoms with Crippen molar-refractivity contribution in [1.82, 2.24) is 10.2 Å². The van der Waals surface area contributed by atoms with E-state index < -0.39 is 0 Å². The zero-order valence-corrected chi connectivity index (χ0v) is 12.4. The largest absolute Gasteiger partial charge is 0.326 e. The average molecular weight is 302 g/mol. The summed E-state index contributed by atoms with van der Waals surface area (Å²) in [6, 6.07) is 6.41. The maximum absolute atomic E-state index is 13.0. The van der Waals surface area contributed by atoms with Gasteiger partial charge in [0, 0.05) is 44.3 Å². The topological polar surface area (TPSA) is 44.4 Å². The lowest BCUT2D eigenvalue weighted by atomic mass is 10.2. The molecule has 1 aliphatic rings. The average Bonchev–Trinajstić information content (AvgIpc) is 2.38. The zero-order chi connectivity index (χ0) is 13.7. The van der Waals surface area contributed by atoms with Crippen LogP contribution in [0, 0.1) is 5.82 Å². The van der Waals surface area contributed by atoms with Crippen molar-refractivity contribution < 1.29 is 9.18 Å². The van der Waals surface area contributed by atoms with Gasteiger partial charge in [0.1, 0.15) is 5.82 Å². The Morgan fingerprint density at radius 1 is 1.55 bits per heavy atom. The molecule has 1 amide bonds. The number of nitrogens with one attached hydrogen (secondary N) is 2. The highest BCUT2D eigenvalue weighted by Crippen LogP contribution is 2.10. The van der Waals surface area contributed by atoms with Gasteiger partial charge in [-0.05, 0) is 25.1 Å². The summed E-state index contributed by atoms with van der Waals surface area (Å²) in [7, 11) is 0. The molecule has 112 valence electrons. The van der Waals surface area contributed by atoms with Crippen LogP contribution in [0.5, 0.6) is 0 Å². The molecular formula is C14H21ClFN3O. The third kappa shape index (κ3) is 5.07. The van der Waals surface area contributed by atoms with E-state index in [0.717, 1.165) is 26.2 Å². The van der Waals surface area contributed by atoms with Crippen molar-refractivity contribution in [3.8, 4) is 0 Å². The van der Waals surface area contributed by atoms with Gasteiger partial charge >= 0.3 is 0 Å². The van der Waals surface area contributed by atoms with Crippen molar-refractivity contribution in [3.05, 3.63) is 30.1 Å². The maximum atomic E-state index is 13.0. The van der Waals surface area contributed by atoms with Crippen LogP contribution in [0.4, 0.5) is 10.1 Å². The van der Waals surface area contributed by atoms with Crippen LogP contribution in [0.3, 0.4) is 0 Å². The second-order valence-electron chi connectivity index (χ2n) is 4.90. The Hall–Kier alpha value is -1.17. The minimum absolute atomic E-state index is 0. The molecular weight excluding hydrogens is 281 g/mol. The Balaban J connectivity index is 0.00000200. The van der Waals surface area contributed by atoms with Gasteiger partial charge in [-0.1, -0.05) is 6.07 Å². The zero-order valence-electron chi connectivity index (χ0n) is 11.6. The van der Waals surface area contributed by atoms with E-state index in [-0.39, 0.29) is 24.1 Å². The Kier molecular flexibility index (Phi) is 6.91. The Labute approximate surface area is 125 Å². The van der Waals surface area contributed by atoms with Crippen LogP contribution in [-0.2, 0) is 4.79 Å². The van der Waals surface area contributed by atoms with Gasteiger partial charge in [-0.3, -0.25) is 9.69 Å². The third-order valence-electron chi connectivity index (χ3n) is 3.37. The molecule has 6 heteroatoms. The van der Waals surface area contributed by atoms with Crippen molar-refractivity contribution in [3.63, 3.8) is 0 Å². The number of rotatable bonds is 4. The minimum Gasteiger partial charge on any atom is -0.326 e. The summed E-state index contributed by atoms with van der Waals surface area (Å²) in [5.74, 6) is -0.412. The number of nitrogens with zero attached hydrogens (tertiary/aromatic N) is 1. The molecule has 0 aromatic heterocycles. The van der Waals surface area contributed by atoms with Gasteiger partial charge in [-0.2, -0.15) is 0 Å². The fourth-order valence-corrected chi connectivity index (χ4v) is 2.25. The lowest BCUT2D eigenvalue weighted by Gasteiger charge is -2.33. The van der Waals surface area contributed by atoms with Crippen LogP contribution in [0.15, 0.2) is 24.3 Å². The molecule has 4 nitrogen and oxygen atoms in total. The molecule has 1 fully saturated rings. The summed E-state index contributed by atoms with van der Waals surface area (Å²) in [4.78, 5) is 14.1. The summed E-state index contributed by atoms with van der Waals surface area (Å²) < 4.78 is 13.0. The number of benzene rings is 1. The van der Waals surface area contributed by atoms with Gasteiger partial charge in [-0.25, -0.2) is 4.39 Å². The second kappa shape index (κ2) is 8.19. The summed E-state index contributed by atoms with van der Waals surface area (Å²) in [6.45, 7) is 5.79. The van der Waals surface area contributed by atoms with E-state index in [1.165, 1.54) is 12.1 Å². The fourth-order valence-electron chi connectivity index (χ4n) is 2.25. The third-order valence-corrected chi connectivity index (χ3v) is 3.37. The lowest BCUT2D eigenvalue weighted by Crippen LogP contribution is -2.50. The second-order valence-corrected chi connectivity index (χ2v) is 4.90. The maximum Gasteiger partial charge on any atom is 0.225 e. The van der Waals surface area contributed by atoms with Crippen LogP contribution in [0.1, 0.15) is 13.3 Å². The molecule has 0 saturated carbocycles. The molecule has 2 N–H and O–H groups in total. The fraction of sp³-hybridized carbons (Fsp3) is 0.500. The van der Waals surface area contributed by atoms with E-state index in [1.807, 2.05) is 0 Å². The standard InChI is InChI=1S/C14H20FN3O.ClH/c1-11-10-16-6-8-18(11)7-5-14(19)17-13-4-2-3-12(15)9-13;/h2-4,9,11,16H,5-8,10H2,1H3,(H,17,19);1H/t11-;/m0./s1. The molecule has 0 unspecified atom stereocenters. The first-order chi connectivity index (χ1) is 9.15. The molecule has 0 bridgehead atoms. The summed E-state index contributed by atoms with van der Waals surface area (Å²) in [5, 5.41) is 6.03. The predicted molar refractivity (Wildman–Crippen MR) is 80.8 cm³/mol. The molecule has 2 rings (SSSR count). The van der Waals surface area contributed by atoms with Gasteiger partial charge in [-0.15, -0.1) is 12.4 Å². The van der Waals surface area contributed by atoms with Crippen molar-refractivity contribution in [1.29, 1.82) is 0 Å². The molecule has 1 saturated heterocycles. The Morgan fingerprint density at radius 3 is 3.05 bits per heavy atom. The quantitative estimate of drug-likeness (QED) is 0.892. The number of anilines is 1. The Morgan fingerprint density at radius 2 is 2.35 bits per heavy atom. The molecule has 1 aromatic rings. The van der Waals surface area contributed by atoms with Crippen LogP contribution in [0.2, 0.25) is 0 Å². The Bertz CT molecular complexity index is 444. The van der Waals surface area contributed by atoms with E-state index >= 15 is 0 Å². The van der Waals surface area contributed by atoms with Crippen molar-refractivity contribution in [2.75, 3.05) is 31.5 Å².